The lowest BCUT2D eigenvalue weighted by molar-refractivity contribution is -0.120. The van der Waals surface area contributed by atoms with Crippen LogP contribution in [0.15, 0.2) is 54.6 Å². The Morgan fingerprint density at radius 2 is 1.90 bits per heavy atom. The number of carbonyl (C=O) groups excluding carboxylic acids is 1. The van der Waals surface area contributed by atoms with Gasteiger partial charge in [-0.25, -0.2) is 4.39 Å². The number of Topliss-reactive ketones (excluding diaryl/α,β-unsaturated/α-hetero) is 1. The first-order valence-electron chi connectivity index (χ1n) is 6.31. The minimum Gasteiger partial charge on any atom is -0.298 e. The smallest absolute Gasteiger partial charge is 0.154 e. The molecule has 0 spiro atoms. The van der Waals surface area contributed by atoms with Crippen molar-refractivity contribution in [2.24, 2.45) is 0 Å². The van der Waals surface area contributed by atoms with Gasteiger partial charge in [0.15, 0.2) is 5.78 Å². The van der Waals surface area contributed by atoms with Crippen LogP contribution >= 0.6 is 0 Å². The third-order valence-corrected chi connectivity index (χ3v) is 3.42. The molecule has 0 saturated carbocycles. The summed E-state index contributed by atoms with van der Waals surface area (Å²) in [5.74, 6) is -0.610. The predicted molar refractivity (Wildman–Crippen MR) is 74.5 cm³/mol. The Bertz CT molecular complexity index is 660. The second-order valence-corrected chi connectivity index (χ2v) is 4.75. The molecule has 20 heavy (non-hydrogen) atoms. The van der Waals surface area contributed by atoms with Gasteiger partial charge in [-0.15, -0.1) is 0 Å². The molecule has 0 aliphatic carbocycles. The molecular formula is C17H14FNO. The van der Waals surface area contributed by atoms with Crippen LogP contribution in [0.3, 0.4) is 0 Å². The highest BCUT2D eigenvalue weighted by atomic mass is 19.1. The quantitative estimate of drug-likeness (QED) is 0.851. The van der Waals surface area contributed by atoms with E-state index in [1.807, 2.05) is 6.07 Å². The van der Waals surface area contributed by atoms with E-state index in [1.54, 1.807) is 36.4 Å². The maximum atomic E-state index is 13.3. The maximum Gasteiger partial charge on any atom is 0.154 e. The minimum atomic E-state index is -1.27. The van der Waals surface area contributed by atoms with Gasteiger partial charge >= 0.3 is 0 Å². The number of benzene rings is 2. The fourth-order valence-electron chi connectivity index (χ4n) is 2.29. The van der Waals surface area contributed by atoms with Gasteiger partial charge in [0.25, 0.3) is 0 Å². The zero-order valence-electron chi connectivity index (χ0n) is 11.1. The first-order valence-corrected chi connectivity index (χ1v) is 6.31. The van der Waals surface area contributed by atoms with Crippen LogP contribution in [0.25, 0.3) is 0 Å². The molecule has 0 aliphatic rings. The molecule has 0 amide bonds. The van der Waals surface area contributed by atoms with Gasteiger partial charge in [0.2, 0.25) is 0 Å². The summed E-state index contributed by atoms with van der Waals surface area (Å²) < 4.78 is 13.3. The van der Waals surface area contributed by atoms with Crippen molar-refractivity contribution in [3.05, 3.63) is 71.5 Å². The van der Waals surface area contributed by atoms with E-state index in [0.29, 0.717) is 11.1 Å². The Labute approximate surface area is 117 Å². The van der Waals surface area contributed by atoms with E-state index < -0.39 is 5.41 Å². The zero-order chi connectivity index (χ0) is 14.6. The number of ketones is 1. The molecule has 0 N–H and O–H groups in total. The van der Waals surface area contributed by atoms with Gasteiger partial charge in [-0.2, -0.15) is 5.26 Å². The van der Waals surface area contributed by atoms with E-state index in [2.05, 4.69) is 6.07 Å². The molecule has 3 heteroatoms. The number of nitriles is 1. The van der Waals surface area contributed by atoms with Crippen LogP contribution in [0, 0.1) is 17.1 Å². The molecule has 0 aliphatic heterocycles. The molecule has 2 rings (SSSR count). The number of rotatable bonds is 4. The van der Waals surface area contributed by atoms with Crippen molar-refractivity contribution in [2.45, 2.75) is 18.8 Å². The third-order valence-electron chi connectivity index (χ3n) is 3.42. The highest BCUT2D eigenvalue weighted by molar-refractivity contribution is 5.91. The topological polar surface area (TPSA) is 40.9 Å². The largest absolute Gasteiger partial charge is 0.298 e. The molecule has 100 valence electrons. The van der Waals surface area contributed by atoms with Crippen LogP contribution in [-0.4, -0.2) is 5.78 Å². The van der Waals surface area contributed by atoms with Crippen molar-refractivity contribution < 1.29 is 9.18 Å². The molecule has 0 saturated heterocycles. The molecule has 2 aromatic rings. The van der Waals surface area contributed by atoms with Crippen molar-refractivity contribution >= 4 is 5.78 Å². The van der Waals surface area contributed by atoms with Gasteiger partial charge in [-0.3, -0.25) is 4.79 Å². The van der Waals surface area contributed by atoms with Crippen LogP contribution in [0.4, 0.5) is 4.39 Å². The molecule has 1 atom stereocenters. The van der Waals surface area contributed by atoms with Gasteiger partial charge in [-0.05, 0) is 30.2 Å². The summed E-state index contributed by atoms with van der Waals surface area (Å²) in [6.07, 6.45) is 0.167. The highest BCUT2D eigenvalue weighted by Crippen LogP contribution is 2.29. The predicted octanol–water partition coefficient (Wildman–Crippen LogP) is 3.42. The number of nitrogens with zero attached hydrogens (tertiary/aromatic N) is 1. The van der Waals surface area contributed by atoms with Gasteiger partial charge < -0.3 is 0 Å². The fraction of sp³-hybridized carbons (Fsp3) is 0.176. The third kappa shape index (κ3) is 2.60. The number of carbonyl (C=O) groups is 1. The first-order chi connectivity index (χ1) is 9.58. The van der Waals surface area contributed by atoms with Crippen LogP contribution in [0.5, 0.6) is 0 Å². The average molecular weight is 267 g/mol. The summed E-state index contributed by atoms with van der Waals surface area (Å²) in [6, 6.07) is 17.0. The van der Waals surface area contributed by atoms with Crippen LogP contribution in [0.2, 0.25) is 0 Å². The molecule has 1 unspecified atom stereocenters. The lowest BCUT2D eigenvalue weighted by atomic mass is 9.74. The zero-order valence-corrected chi connectivity index (χ0v) is 11.1. The Balaban J connectivity index is 2.49. The molecule has 0 fully saturated rings. The molecule has 2 nitrogen and oxygen atoms in total. The summed E-state index contributed by atoms with van der Waals surface area (Å²) in [6.45, 7) is 1.40. The summed E-state index contributed by atoms with van der Waals surface area (Å²) in [5, 5.41) is 9.57. The van der Waals surface area contributed by atoms with Gasteiger partial charge in [0.1, 0.15) is 11.2 Å². The van der Waals surface area contributed by atoms with E-state index in [1.165, 1.54) is 19.1 Å². The summed E-state index contributed by atoms with van der Waals surface area (Å²) in [7, 11) is 0. The highest BCUT2D eigenvalue weighted by Gasteiger charge is 2.37. The van der Waals surface area contributed by atoms with E-state index in [4.69, 9.17) is 0 Å². The second-order valence-electron chi connectivity index (χ2n) is 4.75. The summed E-state index contributed by atoms with van der Waals surface area (Å²) >= 11 is 0. The van der Waals surface area contributed by atoms with Gasteiger partial charge in [0.05, 0.1) is 6.07 Å². The average Bonchev–Trinajstić information content (AvgIpc) is 2.45. The molecule has 2 aromatic carbocycles. The Kier molecular flexibility index (Phi) is 3.95. The minimum absolute atomic E-state index is 0.167. The van der Waals surface area contributed by atoms with E-state index in [9.17, 15) is 14.4 Å². The normalized spacial score (nSPS) is 13.2. The second kappa shape index (κ2) is 5.66. The number of halogens is 1. The SMILES string of the molecule is CC(=O)C(C#N)(Cc1cccc(F)c1)c1ccccc1. The van der Waals surface area contributed by atoms with E-state index >= 15 is 0 Å². The van der Waals surface area contributed by atoms with Crippen LogP contribution in [-0.2, 0) is 16.6 Å². The number of hydrogen-bond donors (Lipinski definition) is 0. The van der Waals surface area contributed by atoms with Crippen molar-refractivity contribution in [3.63, 3.8) is 0 Å². The van der Waals surface area contributed by atoms with Gasteiger partial charge in [-0.1, -0.05) is 42.5 Å². The Morgan fingerprint density at radius 3 is 2.45 bits per heavy atom. The van der Waals surface area contributed by atoms with Crippen LogP contribution < -0.4 is 0 Å². The maximum absolute atomic E-state index is 13.3. The fourth-order valence-corrected chi connectivity index (χ4v) is 2.29. The van der Waals surface area contributed by atoms with Crippen molar-refractivity contribution in [1.82, 2.24) is 0 Å². The molecule has 0 radical (unpaired) electrons. The Hall–Kier alpha value is -2.47. The van der Waals surface area contributed by atoms with E-state index in [-0.39, 0.29) is 18.0 Å². The molecule has 0 heterocycles. The summed E-state index contributed by atoms with van der Waals surface area (Å²) in [4.78, 5) is 12.1. The molecular weight excluding hydrogens is 253 g/mol. The number of hydrogen-bond acceptors (Lipinski definition) is 2. The monoisotopic (exact) mass is 267 g/mol. The standard InChI is InChI=1S/C17H14FNO/c1-13(20)17(12-19,15-7-3-2-4-8-15)11-14-6-5-9-16(18)10-14/h2-10H,11H2,1H3. The van der Waals surface area contributed by atoms with Crippen LogP contribution in [0.1, 0.15) is 18.1 Å². The lowest BCUT2D eigenvalue weighted by Gasteiger charge is -2.24. The molecule has 0 bridgehead atoms. The molecule has 0 aromatic heterocycles. The lowest BCUT2D eigenvalue weighted by Crippen LogP contribution is -2.35. The summed E-state index contributed by atoms with van der Waals surface area (Å²) in [5.41, 5.74) is -0.000403. The van der Waals surface area contributed by atoms with Crippen molar-refractivity contribution in [3.8, 4) is 6.07 Å². The van der Waals surface area contributed by atoms with Crippen molar-refractivity contribution in [1.29, 1.82) is 5.26 Å². The Morgan fingerprint density at radius 1 is 1.20 bits per heavy atom. The van der Waals surface area contributed by atoms with Gasteiger partial charge in [0, 0.05) is 6.42 Å². The van der Waals surface area contributed by atoms with Crippen molar-refractivity contribution in [2.75, 3.05) is 0 Å². The van der Waals surface area contributed by atoms with E-state index in [0.717, 1.165) is 0 Å². The first kappa shape index (κ1) is 14.0.